The number of benzene rings is 1. The summed E-state index contributed by atoms with van der Waals surface area (Å²) >= 11 is 12.2. The smallest absolute Gasteiger partial charge is 0.127 e. The van der Waals surface area contributed by atoms with Crippen molar-refractivity contribution >= 4 is 23.2 Å². The summed E-state index contributed by atoms with van der Waals surface area (Å²) in [5.74, 6) is 0.530. The fraction of sp³-hybridized carbons (Fsp3) is 0.600. The Morgan fingerprint density at radius 3 is 2.28 bits per heavy atom. The molecular weight excluding hydrogens is 270 g/mol. The second kappa shape index (κ2) is 8.01. The van der Waals surface area contributed by atoms with Gasteiger partial charge in [-0.2, -0.15) is 0 Å². The minimum Gasteiger partial charge on any atom is -0.207 e. The van der Waals surface area contributed by atoms with Gasteiger partial charge in [0.25, 0.3) is 0 Å². The van der Waals surface area contributed by atoms with Crippen LogP contribution >= 0.6 is 23.2 Å². The number of halogens is 3. The maximum absolute atomic E-state index is 13.9. The molecule has 1 aromatic carbocycles. The van der Waals surface area contributed by atoms with Gasteiger partial charge in [0.2, 0.25) is 0 Å². The highest BCUT2D eigenvalue weighted by molar-refractivity contribution is 6.22. The summed E-state index contributed by atoms with van der Waals surface area (Å²) < 4.78 is 13.9. The molecule has 18 heavy (non-hydrogen) atoms. The van der Waals surface area contributed by atoms with Gasteiger partial charge in [-0.1, -0.05) is 50.8 Å². The summed E-state index contributed by atoms with van der Waals surface area (Å²) in [5.41, 5.74) is 0.230. The van der Waals surface area contributed by atoms with Crippen LogP contribution < -0.4 is 0 Å². The number of unbranched alkanes of at least 4 members (excludes halogenated alkanes) is 3. The van der Waals surface area contributed by atoms with Gasteiger partial charge < -0.3 is 0 Å². The van der Waals surface area contributed by atoms with Crippen LogP contribution in [0.4, 0.5) is 4.39 Å². The van der Waals surface area contributed by atoms with E-state index in [4.69, 9.17) is 23.2 Å². The van der Waals surface area contributed by atoms with E-state index < -0.39 is 5.41 Å². The van der Waals surface area contributed by atoms with E-state index in [9.17, 15) is 4.39 Å². The molecule has 0 aliphatic heterocycles. The van der Waals surface area contributed by atoms with Gasteiger partial charge in [-0.25, -0.2) is 4.39 Å². The van der Waals surface area contributed by atoms with Crippen LogP contribution in [0.25, 0.3) is 0 Å². The van der Waals surface area contributed by atoms with Crippen molar-refractivity contribution in [2.75, 3.05) is 11.8 Å². The van der Waals surface area contributed by atoms with Crippen molar-refractivity contribution in [3.8, 4) is 0 Å². The second-order valence-electron chi connectivity index (χ2n) is 4.84. The van der Waals surface area contributed by atoms with Gasteiger partial charge in [-0.15, -0.1) is 23.2 Å². The maximum atomic E-state index is 13.9. The lowest BCUT2D eigenvalue weighted by Crippen LogP contribution is -2.31. The van der Waals surface area contributed by atoms with Crippen LogP contribution in [0.2, 0.25) is 0 Å². The maximum Gasteiger partial charge on any atom is 0.127 e. The molecule has 0 atom stereocenters. The van der Waals surface area contributed by atoms with Gasteiger partial charge in [0, 0.05) is 17.2 Å². The Morgan fingerprint density at radius 1 is 1.06 bits per heavy atom. The lowest BCUT2D eigenvalue weighted by molar-refractivity contribution is 0.434. The molecule has 0 bridgehead atoms. The summed E-state index contributed by atoms with van der Waals surface area (Å²) in [6.07, 6.45) is 5.44. The minimum absolute atomic E-state index is 0.200. The number of hydrogen-bond donors (Lipinski definition) is 0. The van der Waals surface area contributed by atoms with E-state index in [-0.39, 0.29) is 5.82 Å². The average Bonchev–Trinajstić information content (AvgIpc) is 2.41. The fourth-order valence-corrected chi connectivity index (χ4v) is 3.07. The zero-order valence-corrected chi connectivity index (χ0v) is 12.4. The lowest BCUT2D eigenvalue weighted by atomic mass is 9.79. The van der Waals surface area contributed by atoms with E-state index in [0.29, 0.717) is 17.3 Å². The van der Waals surface area contributed by atoms with Crippen molar-refractivity contribution in [3.63, 3.8) is 0 Å². The Hall–Kier alpha value is -0.270. The van der Waals surface area contributed by atoms with Crippen molar-refractivity contribution in [2.24, 2.45) is 0 Å². The van der Waals surface area contributed by atoms with E-state index in [0.717, 1.165) is 19.3 Å². The molecule has 0 nitrogen and oxygen atoms in total. The molecule has 0 saturated carbocycles. The van der Waals surface area contributed by atoms with Gasteiger partial charge in [0.15, 0.2) is 0 Å². The van der Waals surface area contributed by atoms with Crippen molar-refractivity contribution < 1.29 is 4.39 Å². The second-order valence-corrected chi connectivity index (χ2v) is 5.37. The molecule has 0 fully saturated rings. The molecule has 1 rings (SSSR count). The molecule has 0 heterocycles. The van der Waals surface area contributed by atoms with Gasteiger partial charge in [0.1, 0.15) is 5.82 Å². The highest BCUT2D eigenvalue weighted by Crippen LogP contribution is 2.34. The van der Waals surface area contributed by atoms with Crippen LogP contribution in [0, 0.1) is 5.82 Å². The summed E-state index contributed by atoms with van der Waals surface area (Å²) in [6, 6.07) is 6.83. The SMILES string of the molecule is CCCCCCC(CCl)(CCl)c1ccccc1F. The minimum atomic E-state index is -0.428. The molecule has 0 amide bonds. The predicted molar refractivity (Wildman–Crippen MR) is 78.3 cm³/mol. The molecular formula is C15H21Cl2F. The zero-order chi connectivity index (χ0) is 13.4. The molecule has 3 heteroatoms. The van der Waals surface area contributed by atoms with Gasteiger partial charge >= 0.3 is 0 Å². The summed E-state index contributed by atoms with van der Waals surface area (Å²) in [4.78, 5) is 0. The Bertz CT molecular complexity index is 348. The molecule has 1 aromatic rings. The topological polar surface area (TPSA) is 0 Å². The van der Waals surface area contributed by atoms with Crippen LogP contribution in [-0.4, -0.2) is 11.8 Å². The predicted octanol–water partition coefficient (Wildman–Crippen LogP) is 5.51. The standard InChI is InChI=1S/C15H21Cl2F/c1-2-3-4-7-10-15(11-16,12-17)13-8-5-6-9-14(13)18/h5-6,8-9H,2-4,7,10-12H2,1H3. The fourth-order valence-electron chi connectivity index (χ4n) is 2.23. The van der Waals surface area contributed by atoms with Crippen molar-refractivity contribution in [1.29, 1.82) is 0 Å². The van der Waals surface area contributed by atoms with Crippen LogP contribution in [0.1, 0.15) is 44.6 Å². The van der Waals surface area contributed by atoms with Crippen molar-refractivity contribution in [2.45, 2.75) is 44.4 Å². The summed E-state index contributed by atoms with van der Waals surface area (Å²) in [7, 11) is 0. The van der Waals surface area contributed by atoms with Crippen molar-refractivity contribution in [3.05, 3.63) is 35.6 Å². The van der Waals surface area contributed by atoms with E-state index >= 15 is 0 Å². The van der Waals surface area contributed by atoms with E-state index in [1.807, 2.05) is 6.07 Å². The highest BCUT2D eigenvalue weighted by Gasteiger charge is 2.32. The first kappa shape index (κ1) is 15.8. The summed E-state index contributed by atoms with van der Waals surface area (Å²) in [5, 5.41) is 0. The first-order valence-corrected chi connectivity index (χ1v) is 7.64. The van der Waals surface area contributed by atoms with E-state index in [2.05, 4.69) is 6.92 Å². The molecule has 0 saturated heterocycles. The van der Waals surface area contributed by atoms with Crippen LogP contribution in [-0.2, 0) is 5.41 Å². The Balaban J connectivity index is 2.83. The largest absolute Gasteiger partial charge is 0.207 e. The summed E-state index contributed by atoms with van der Waals surface area (Å²) in [6.45, 7) is 2.17. The number of alkyl halides is 2. The van der Waals surface area contributed by atoms with Crippen molar-refractivity contribution in [1.82, 2.24) is 0 Å². The van der Waals surface area contributed by atoms with Gasteiger partial charge in [0.05, 0.1) is 0 Å². The van der Waals surface area contributed by atoms with E-state index in [1.165, 1.54) is 18.9 Å². The first-order chi connectivity index (χ1) is 8.70. The monoisotopic (exact) mass is 290 g/mol. The Morgan fingerprint density at radius 2 is 1.72 bits per heavy atom. The third kappa shape index (κ3) is 3.86. The average molecular weight is 291 g/mol. The molecule has 0 unspecified atom stereocenters. The molecule has 0 aliphatic rings. The molecule has 0 spiro atoms. The lowest BCUT2D eigenvalue weighted by Gasteiger charge is -2.30. The van der Waals surface area contributed by atoms with Crippen LogP contribution in [0.15, 0.2) is 24.3 Å². The molecule has 0 radical (unpaired) electrons. The quantitative estimate of drug-likeness (QED) is 0.437. The Labute approximate surface area is 119 Å². The van der Waals surface area contributed by atoms with Gasteiger partial charge in [-0.05, 0) is 18.1 Å². The first-order valence-electron chi connectivity index (χ1n) is 6.57. The molecule has 0 aromatic heterocycles. The molecule has 0 N–H and O–H groups in total. The number of rotatable bonds is 8. The molecule has 0 aliphatic carbocycles. The zero-order valence-electron chi connectivity index (χ0n) is 10.9. The van der Waals surface area contributed by atoms with Crippen LogP contribution in [0.5, 0.6) is 0 Å². The molecule has 102 valence electrons. The van der Waals surface area contributed by atoms with E-state index in [1.54, 1.807) is 12.1 Å². The third-order valence-corrected chi connectivity index (χ3v) is 4.49. The Kier molecular flexibility index (Phi) is 7.03. The number of hydrogen-bond acceptors (Lipinski definition) is 0. The van der Waals surface area contributed by atoms with Gasteiger partial charge in [-0.3, -0.25) is 0 Å². The normalized spacial score (nSPS) is 11.8. The third-order valence-electron chi connectivity index (χ3n) is 3.47. The van der Waals surface area contributed by atoms with Crippen LogP contribution in [0.3, 0.4) is 0 Å². The highest BCUT2D eigenvalue weighted by atomic mass is 35.5.